The maximum atomic E-state index is 15.0. The van der Waals surface area contributed by atoms with Gasteiger partial charge in [0.1, 0.15) is 5.75 Å². The molecule has 0 aromatic heterocycles. The third kappa shape index (κ3) is 3.53. The first kappa shape index (κ1) is 26.5. The van der Waals surface area contributed by atoms with Gasteiger partial charge in [-0.1, -0.05) is 50.2 Å². The fourth-order valence-electron chi connectivity index (χ4n) is 6.74. The molecule has 1 aliphatic heterocycles. The van der Waals surface area contributed by atoms with Gasteiger partial charge in [0, 0.05) is 23.4 Å². The molecule has 0 fully saturated rings. The lowest BCUT2D eigenvalue weighted by Gasteiger charge is -2.51. The number of allylic oxidation sites excluding steroid dienone is 1. The molecule has 8 heteroatoms. The molecule has 3 aromatic rings. The summed E-state index contributed by atoms with van der Waals surface area (Å²) in [6.07, 6.45) is 0.504. The Morgan fingerprint density at radius 2 is 1.49 bits per heavy atom. The van der Waals surface area contributed by atoms with Crippen molar-refractivity contribution in [3.63, 3.8) is 0 Å². The van der Waals surface area contributed by atoms with Gasteiger partial charge < -0.3 is 19.1 Å². The van der Waals surface area contributed by atoms with E-state index in [1.807, 2.05) is 32.0 Å². The van der Waals surface area contributed by atoms with Crippen LogP contribution in [0.2, 0.25) is 0 Å². The van der Waals surface area contributed by atoms with Crippen molar-refractivity contribution in [2.24, 2.45) is 5.41 Å². The topological polar surface area (TPSA) is 99.2 Å². The summed E-state index contributed by atoms with van der Waals surface area (Å²) in [6.45, 7) is 3.94. The molecule has 1 heterocycles. The molecule has 3 aliphatic rings. The second-order valence-corrected chi connectivity index (χ2v) is 11.3. The van der Waals surface area contributed by atoms with Crippen LogP contribution in [-0.4, -0.2) is 44.8 Å². The summed E-state index contributed by atoms with van der Waals surface area (Å²) in [5.74, 6) is -1.89. The van der Waals surface area contributed by atoms with Crippen LogP contribution in [0, 0.1) is 5.41 Å². The van der Waals surface area contributed by atoms with E-state index in [1.54, 1.807) is 54.5 Å². The summed E-state index contributed by atoms with van der Waals surface area (Å²) >= 11 is 0. The molecule has 208 valence electrons. The highest BCUT2D eigenvalue weighted by molar-refractivity contribution is 6.29. The van der Waals surface area contributed by atoms with Crippen molar-refractivity contribution in [3.05, 3.63) is 94.2 Å². The number of hydrogen-bond acceptors (Lipinski definition) is 8. The summed E-state index contributed by atoms with van der Waals surface area (Å²) in [5.41, 5.74) is -0.763. The Morgan fingerprint density at radius 1 is 0.829 bits per heavy atom. The number of carbonyl (C=O) groups excluding carboxylic acids is 4. The minimum Gasteiger partial charge on any atom is -0.497 e. The maximum Gasteiger partial charge on any atom is 0.339 e. The molecule has 0 radical (unpaired) electrons. The Hall–Kier alpha value is -4.72. The summed E-state index contributed by atoms with van der Waals surface area (Å²) in [7, 11) is 3.94. The first-order valence-electron chi connectivity index (χ1n) is 13.3. The van der Waals surface area contributed by atoms with E-state index in [-0.39, 0.29) is 28.9 Å². The van der Waals surface area contributed by atoms with Crippen molar-refractivity contribution in [3.8, 4) is 5.75 Å². The van der Waals surface area contributed by atoms with Gasteiger partial charge in [-0.15, -0.1) is 0 Å². The molecule has 1 atom stereocenters. The van der Waals surface area contributed by atoms with Gasteiger partial charge in [0.05, 0.1) is 38.0 Å². The Kier molecular flexibility index (Phi) is 5.92. The van der Waals surface area contributed by atoms with Crippen molar-refractivity contribution >= 4 is 40.0 Å². The molecule has 6 rings (SSSR count). The van der Waals surface area contributed by atoms with Gasteiger partial charge in [-0.05, 0) is 52.4 Å². The van der Waals surface area contributed by atoms with E-state index >= 15 is 0 Å². The average molecular weight is 552 g/mol. The van der Waals surface area contributed by atoms with E-state index in [4.69, 9.17) is 14.2 Å². The second kappa shape index (κ2) is 9.16. The summed E-state index contributed by atoms with van der Waals surface area (Å²) in [5, 5.41) is 1.48. The third-order valence-electron chi connectivity index (χ3n) is 8.30. The fourth-order valence-corrected chi connectivity index (χ4v) is 6.74. The van der Waals surface area contributed by atoms with Crippen LogP contribution >= 0.6 is 0 Å². The molecule has 1 spiro atoms. The lowest BCUT2D eigenvalue weighted by molar-refractivity contribution is -0.140. The normalized spacial score (nSPS) is 21.0. The van der Waals surface area contributed by atoms with E-state index in [1.165, 1.54) is 14.2 Å². The van der Waals surface area contributed by atoms with Crippen LogP contribution in [0.3, 0.4) is 0 Å². The van der Waals surface area contributed by atoms with Crippen LogP contribution in [-0.2, 0) is 29.4 Å². The molecule has 2 aliphatic carbocycles. The third-order valence-corrected chi connectivity index (χ3v) is 8.30. The fraction of sp³-hybridized carbons (Fsp3) is 0.273. The molecule has 3 aromatic carbocycles. The van der Waals surface area contributed by atoms with Crippen LogP contribution < -0.4 is 9.64 Å². The highest BCUT2D eigenvalue weighted by atomic mass is 16.5. The molecule has 0 N–H and O–H groups in total. The number of ketones is 2. The molecule has 0 bridgehead atoms. The van der Waals surface area contributed by atoms with E-state index in [9.17, 15) is 19.2 Å². The Morgan fingerprint density at radius 3 is 2.12 bits per heavy atom. The predicted octanol–water partition coefficient (Wildman–Crippen LogP) is 5.05. The predicted molar refractivity (Wildman–Crippen MR) is 152 cm³/mol. The summed E-state index contributed by atoms with van der Waals surface area (Å²) in [6, 6.07) is 18.0. The molecule has 0 saturated heterocycles. The van der Waals surface area contributed by atoms with Crippen molar-refractivity contribution < 1.29 is 33.4 Å². The number of benzene rings is 3. The molecule has 8 nitrogen and oxygen atoms in total. The number of carbonyl (C=O) groups is 4. The van der Waals surface area contributed by atoms with E-state index in [0.29, 0.717) is 40.1 Å². The quantitative estimate of drug-likeness (QED) is 0.416. The average Bonchev–Trinajstić information content (AvgIpc) is 3.20. The lowest BCUT2D eigenvalue weighted by atomic mass is 9.66. The van der Waals surface area contributed by atoms with E-state index in [0.717, 1.165) is 5.39 Å². The van der Waals surface area contributed by atoms with Gasteiger partial charge in [-0.25, -0.2) is 9.59 Å². The van der Waals surface area contributed by atoms with Crippen LogP contribution in [0.25, 0.3) is 10.8 Å². The van der Waals surface area contributed by atoms with Crippen molar-refractivity contribution in [2.75, 3.05) is 26.2 Å². The summed E-state index contributed by atoms with van der Waals surface area (Å²) < 4.78 is 15.9. The molecule has 0 saturated carbocycles. The number of hydrogen-bond donors (Lipinski definition) is 0. The summed E-state index contributed by atoms with van der Waals surface area (Å²) in [4.78, 5) is 58.3. The van der Waals surface area contributed by atoms with Gasteiger partial charge in [0.25, 0.3) is 0 Å². The number of rotatable bonds is 4. The first-order valence-corrected chi connectivity index (χ1v) is 13.3. The smallest absolute Gasteiger partial charge is 0.339 e. The number of Topliss-reactive ketones (excluding diaryl/α,β-unsaturated/α-hetero) is 2. The number of methoxy groups -OCH3 is 3. The monoisotopic (exact) mass is 551 g/mol. The van der Waals surface area contributed by atoms with Crippen LogP contribution in [0.1, 0.15) is 42.6 Å². The molecule has 1 unspecified atom stereocenters. The SMILES string of the molecule is COC(=O)C1=C(C(=O)OC)C2(C(=O)c3cccc4cccc2c34)N(c2ccc(OC)cc2)C2=C1C(=O)CC(C)(C)C2. The second-order valence-electron chi connectivity index (χ2n) is 11.3. The van der Waals surface area contributed by atoms with Crippen LogP contribution in [0.15, 0.2) is 83.1 Å². The number of esters is 2. The van der Waals surface area contributed by atoms with Gasteiger partial charge in [-0.2, -0.15) is 0 Å². The maximum absolute atomic E-state index is 15.0. The van der Waals surface area contributed by atoms with E-state index < -0.39 is 28.7 Å². The van der Waals surface area contributed by atoms with Crippen molar-refractivity contribution in [2.45, 2.75) is 32.2 Å². The van der Waals surface area contributed by atoms with Gasteiger partial charge in [-0.3, -0.25) is 9.59 Å². The first-order chi connectivity index (χ1) is 19.6. The van der Waals surface area contributed by atoms with Gasteiger partial charge >= 0.3 is 11.9 Å². The lowest BCUT2D eigenvalue weighted by Crippen LogP contribution is -2.58. The standard InChI is InChI=1S/C33H29NO7/c1-32(2)16-23-26(24(35)17-32)27(30(37)40-4)28(31(38)41-5)33(34(23)19-12-14-20(39-3)15-13-19)22-11-7-9-18-8-6-10-21(25(18)22)29(33)36/h6-15H,16-17H2,1-5H3. The Balaban J connectivity index is 1.84. The van der Waals surface area contributed by atoms with Crippen molar-refractivity contribution in [1.82, 2.24) is 0 Å². The number of nitrogens with zero attached hydrogens (tertiary/aromatic N) is 1. The van der Waals surface area contributed by atoms with Crippen molar-refractivity contribution in [1.29, 1.82) is 0 Å². The zero-order valence-electron chi connectivity index (χ0n) is 23.5. The molecular weight excluding hydrogens is 522 g/mol. The Labute approximate surface area is 237 Å². The van der Waals surface area contributed by atoms with Gasteiger partial charge in [0.15, 0.2) is 17.1 Å². The number of ether oxygens (including phenoxy) is 3. The minimum absolute atomic E-state index is 0.0777. The molecular formula is C33H29NO7. The zero-order valence-corrected chi connectivity index (χ0v) is 23.5. The van der Waals surface area contributed by atoms with Gasteiger partial charge in [0.2, 0.25) is 0 Å². The van der Waals surface area contributed by atoms with E-state index in [2.05, 4.69) is 0 Å². The molecule has 0 amide bonds. The number of fused-ring (bicyclic) bond motifs is 1. The molecule has 41 heavy (non-hydrogen) atoms. The highest BCUT2D eigenvalue weighted by Gasteiger charge is 2.63. The van der Waals surface area contributed by atoms with Crippen LogP contribution in [0.4, 0.5) is 5.69 Å². The largest absolute Gasteiger partial charge is 0.497 e. The van der Waals surface area contributed by atoms with Crippen LogP contribution in [0.5, 0.6) is 5.75 Å². The number of anilines is 1. The highest BCUT2D eigenvalue weighted by Crippen LogP contribution is 2.58. The zero-order chi connectivity index (χ0) is 29.3. The Bertz CT molecular complexity index is 1740. The minimum atomic E-state index is -1.85.